The maximum absolute atomic E-state index is 12.6. The zero-order chi connectivity index (χ0) is 15.6. The van der Waals surface area contributed by atoms with Crippen LogP contribution in [-0.2, 0) is 0 Å². The van der Waals surface area contributed by atoms with Gasteiger partial charge in [0.05, 0.1) is 0 Å². The summed E-state index contributed by atoms with van der Waals surface area (Å²) in [5, 5.41) is 5.82. The number of nitrogens with one attached hydrogen (secondary N) is 1. The molecule has 0 fully saturated rings. The summed E-state index contributed by atoms with van der Waals surface area (Å²) in [5.74, 6) is 0. The molecule has 0 spiro atoms. The highest BCUT2D eigenvalue weighted by Gasteiger charge is 2.14. The van der Waals surface area contributed by atoms with E-state index in [0.29, 0.717) is 0 Å². The highest BCUT2D eigenvalue weighted by Crippen LogP contribution is 2.39. The first-order valence-corrected chi connectivity index (χ1v) is 8.40. The van der Waals surface area contributed by atoms with Crippen LogP contribution in [0.5, 0.6) is 0 Å². The minimum atomic E-state index is 0.00313. The predicted octanol–water partition coefficient (Wildman–Crippen LogP) is 5.36. The molecule has 3 heteroatoms. The van der Waals surface area contributed by atoms with Crippen molar-refractivity contribution in [2.45, 2.75) is 6.92 Å². The lowest BCUT2D eigenvalue weighted by Gasteiger charge is -2.04. The number of hydrogen-bond donors (Lipinski definition) is 1. The summed E-state index contributed by atoms with van der Waals surface area (Å²) < 4.78 is 1.98. The average molecular weight is 315 g/mol. The van der Waals surface area contributed by atoms with E-state index < -0.39 is 0 Å². The third-order valence-electron chi connectivity index (χ3n) is 4.48. The first-order valence-electron chi connectivity index (χ1n) is 7.59. The number of aromatic amines is 1. The van der Waals surface area contributed by atoms with E-state index in [4.69, 9.17) is 0 Å². The molecule has 0 atom stereocenters. The van der Waals surface area contributed by atoms with Crippen LogP contribution in [0, 0.1) is 6.92 Å². The van der Waals surface area contributed by atoms with E-state index in [0.717, 1.165) is 31.3 Å². The van der Waals surface area contributed by atoms with Gasteiger partial charge in [-0.05, 0) is 35.4 Å². The van der Waals surface area contributed by atoms with Crippen LogP contribution in [-0.4, -0.2) is 4.98 Å². The molecule has 0 bridgehead atoms. The van der Waals surface area contributed by atoms with Crippen LogP contribution >= 0.6 is 11.3 Å². The SMILES string of the molecule is Cc1ccc2c(c1)[nH]c(=O)c1sc3ccc4ccccc4c3c12. The molecule has 0 radical (unpaired) electrons. The van der Waals surface area contributed by atoms with Crippen molar-refractivity contribution in [1.82, 2.24) is 4.98 Å². The Morgan fingerprint density at radius 2 is 1.78 bits per heavy atom. The predicted molar refractivity (Wildman–Crippen MR) is 99.7 cm³/mol. The molecular formula is C20H13NOS. The summed E-state index contributed by atoms with van der Waals surface area (Å²) in [6, 6.07) is 18.9. The molecule has 0 saturated heterocycles. The van der Waals surface area contributed by atoms with E-state index in [1.807, 2.05) is 13.0 Å². The summed E-state index contributed by atoms with van der Waals surface area (Å²) >= 11 is 1.58. The van der Waals surface area contributed by atoms with Crippen LogP contribution in [0.1, 0.15) is 5.56 Å². The van der Waals surface area contributed by atoms with Crippen LogP contribution in [0.3, 0.4) is 0 Å². The van der Waals surface area contributed by atoms with Gasteiger partial charge in [0.25, 0.3) is 5.56 Å². The lowest BCUT2D eigenvalue weighted by Crippen LogP contribution is -2.04. The lowest BCUT2D eigenvalue weighted by molar-refractivity contribution is 1.34. The van der Waals surface area contributed by atoms with Gasteiger partial charge in [0.1, 0.15) is 4.70 Å². The standard InChI is InChI=1S/C20H13NOS/c1-11-6-8-14-15(10-11)21-20(22)19-18(14)17-13-5-3-2-4-12(13)7-9-16(17)23-19/h2-10H,1H3,(H,21,22). The molecule has 110 valence electrons. The number of fused-ring (bicyclic) bond motifs is 7. The second-order valence-corrected chi connectivity index (χ2v) is 7.02. The summed E-state index contributed by atoms with van der Waals surface area (Å²) in [4.78, 5) is 15.6. The molecule has 0 saturated carbocycles. The zero-order valence-electron chi connectivity index (χ0n) is 12.5. The van der Waals surface area contributed by atoms with E-state index in [-0.39, 0.29) is 5.56 Å². The van der Waals surface area contributed by atoms with Gasteiger partial charge in [0.2, 0.25) is 0 Å². The number of aryl methyl sites for hydroxylation is 1. The Kier molecular flexibility index (Phi) is 2.48. The minimum absolute atomic E-state index is 0.00313. The van der Waals surface area contributed by atoms with E-state index >= 15 is 0 Å². The molecule has 1 N–H and O–H groups in total. The number of aromatic nitrogens is 1. The van der Waals surface area contributed by atoms with Gasteiger partial charge in [-0.25, -0.2) is 0 Å². The molecule has 5 rings (SSSR count). The van der Waals surface area contributed by atoms with Crippen molar-refractivity contribution in [3.8, 4) is 0 Å². The minimum Gasteiger partial charge on any atom is -0.321 e. The fraction of sp³-hybridized carbons (Fsp3) is 0.0500. The van der Waals surface area contributed by atoms with Gasteiger partial charge in [-0.15, -0.1) is 11.3 Å². The Morgan fingerprint density at radius 3 is 2.70 bits per heavy atom. The second-order valence-electron chi connectivity index (χ2n) is 5.97. The smallest absolute Gasteiger partial charge is 0.266 e. The fourth-order valence-corrected chi connectivity index (χ4v) is 4.57. The van der Waals surface area contributed by atoms with Gasteiger partial charge in [-0.2, -0.15) is 0 Å². The van der Waals surface area contributed by atoms with E-state index in [1.54, 1.807) is 11.3 Å². The Morgan fingerprint density at radius 1 is 0.913 bits per heavy atom. The largest absolute Gasteiger partial charge is 0.321 e. The van der Waals surface area contributed by atoms with E-state index in [2.05, 4.69) is 53.5 Å². The highest BCUT2D eigenvalue weighted by atomic mass is 32.1. The first-order chi connectivity index (χ1) is 11.2. The van der Waals surface area contributed by atoms with Crippen LogP contribution in [0.4, 0.5) is 0 Å². The number of benzene rings is 3. The number of hydrogen-bond acceptors (Lipinski definition) is 2. The average Bonchev–Trinajstić information content (AvgIpc) is 2.95. The van der Waals surface area contributed by atoms with Crippen molar-refractivity contribution in [3.63, 3.8) is 0 Å². The monoisotopic (exact) mass is 315 g/mol. The van der Waals surface area contributed by atoms with Crippen LogP contribution in [0.2, 0.25) is 0 Å². The molecule has 0 amide bonds. The zero-order valence-corrected chi connectivity index (χ0v) is 13.3. The molecule has 2 nitrogen and oxygen atoms in total. The number of rotatable bonds is 0. The van der Waals surface area contributed by atoms with Crippen molar-refractivity contribution in [2.75, 3.05) is 0 Å². The van der Waals surface area contributed by atoms with Gasteiger partial charge >= 0.3 is 0 Å². The molecule has 5 aromatic rings. The normalized spacial score (nSPS) is 11.9. The molecule has 2 aromatic heterocycles. The van der Waals surface area contributed by atoms with Crippen molar-refractivity contribution in [3.05, 3.63) is 70.5 Å². The Labute approximate surface area is 136 Å². The molecule has 0 aliphatic heterocycles. The first kappa shape index (κ1) is 12.9. The van der Waals surface area contributed by atoms with Crippen LogP contribution < -0.4 is 5.56 Å². The number of pyridine rings is 1. The van der Waals surface area contributed by atoms with Crippen molar-refractivity contribution < 1.29 is 0 Å². The quantitative estimate of drug-likeness (QED) is 0.410. The third-order valence-corrected chi connectivity index (χ3v) is 5.63. The topological polar surface area (TPSA) is 32.9 Å². The van der Waals surface area contributed by atoms with Crippen molar-refractivity contribution in [2.24, 2.45) is 0 Å². The summed E-state index contributed by atoms with van der Waals surface area (Å²) in [7, 11) is 0. The molecule has 23 heavy (non-hydrogen) atoms. The summed E-state index contributed by atoms with van der Waals surface area (Å²) in [6.45, 7) is 2.04. The van der Waals surface area contributed by atoms with Gasteiger partial charge < -0.3 is 4.98 Å². The third kappa shape index (κ3) is 1.71. The van der Waals surface area contributed by atoms with Crippen molar-refractivity contribution >= 4 is 53.2 Å². The Hall–Kier alpha value is -2.65. The molecule has 0 aliphatic rings. The second kappa shape index (κ2) is 4.43. The van der Waals surface area contributed by atoms with Gasteiger partial charge in [0.15, 0.2) is 0 Å². The highest BCUT2D eigenvalue weighted by molar-refractivity contribution is 7.26. The molecule has 0 unspecified atom stereocenters. The molecule has 0 aliphatic carbocycles. The van der Waals surface area contributed by atoms with E-state index in [1.165, 1.54) is 16.2 Å². The molecule has 2 heterocycles. The van der Waals surface area contributed by atoms with Crippen LogP contribution in [0.15, 0.2) is 59.4 Å². The Balaban J connectivity index is 2.18. The maximum atomic E-state index is 12.6. The fourth-order valence-electron chi connectivity index (χ4n) is 3.44. The Bertz CT molecular complexity index is 1290. The van der Waals surface area contributed by atoms with Gasteiger partial charge in [-0.1, -0.05) is 42.5 Å². The molecule has 3 aromatic carbocycles. The summed E-state index contributed by atoms with van der Waals surface area (Å²) in [6.07, 6.45) is 0. The van der Waals surface area contributed by atoms with Gasteiger partial charge in [-0.3, -0.25) is 4.79 Å². The number of H-pyrrole nitrogens is 1. The summed E-state index contributed by atoms with van der Waals surface area (Å²) in [5.41, 5.74) is 2.07. The van der Waals surface area contributed by atoms with Crippen LogP contribution in [0.25, 0.3) is 41.8 Å². The van der Waals surface area contributed by atoms with E-state index in [9.17, 15) is 4.79 Å². The molecular weight excluding hydrogens is 302 g/mol. The maximum Gasteiger partial charge on any atom is 0.266 e. The lowest BCUT2D eigenvalue weighted by atomic mass is 10.0. The number of thiophene rings is 1. The van der Waals surface area contributed by atoms with Crippen molar-refractivity contribution in [1.29, 1.82) is 0 Å². The van der Waals surface area contributed by atoms with Gasteiger partial charge in [0, 0.05) is 26.4 Å².